The molecule has 0 heterocycles. The minimum atomic E-state index is 0.840. The molecule has 0 aromatic heterocycles. The Hall–Kier alpha value is -0.790. The zero-order chi connectivity index (χ0) is 6.57. The van der Waals surface area contributed by atoms with Gasteiger partial charge >= 0.3 is 0 Å². The number of rotatable bonds is 2. The van der Waals surface area contributed by atoms with E-state index < -0.39 is 0 Å². The molecule has 0 aromatic carbocycles. The van der Waals surface area contributed by atoms with E-state index in [1.54, 1.807) is 0 Å². The van der Waals surface area contributed by atoms with Gasteiger partial charge in [0.1, 0.15) is 7.11 Å². The molecule has 0 aromatic rings. The number of oxime groups is 1. The monoisotopic (exact) mass is 113 g/mol. The fourth-order valence-electron chi connectivity index (χ4n) is 0.215. The molecular formula is C6H11NO. The van der Waals surface area contributed by atoms with Crippen molar-refractivity contribution in [2.24, 2.45) is 5.16 Å². The molecule has 8 heavy (non-hydrogen) atoms. The molecule has 46 valence electrons. The van der Waals surface area contributed by atoms with Crippen LogP contribution >= 0.6 is 0 Å². The summed E-state index contributed by atoms with van der Waals surface area (Å²) in [5.74, 6) is 0. The predicted octanol–water partition coefficient (Wildman–Crippen LogP) is 1.58. The topological polar surface area (TPSA) is 21.6 Å². The fraction of sp³-hybridized carbons (Fsp3) is 0.500. The highest BCUT2D eigenvalue weighted by molar-refractivity contribution is 5.96. The van der Waals surface area contributed by atoms with E-state index in [4.69, 9.17) is 0 Å². The molecule has 0 aliphatic heterocycles. The molecule has 0 N–H and O–H groups in total. The molecule has 0 aliphatic rings. The number of allylic oxidation sites excluding steroid dienone is 1. The van der Waals surface area contributed by atoms with Gasteiger partial charge in [0, 0.05) is 0 Å². The van der Waals surface area contributed by atoms with Gasteiger partial charge < -0.3 is 4.84 Å². The van der Waals surface area contributed by atoms with Gasteiger partial charge in [0.2, 0.25) is 0 Å². The quantitative estimate of drug-likeness (QED) is 0.393. The van der Waals surface area contributed by atoms with Crippen molar-refractivity contribution in [2.75, 3.05) is 7.11 Å². The SMILES string of the molecule is C=C(C)C(C)=NOC. The van der Waals surface area contributed by atoms with Crippen molar-refractivity contribution < 1.29 is 4.84 Å². The van der Waals surface area contributed by atoms with Crippen LogP contribution in [0.4, 0.5) is 0 Å². The second-order valence-corrected chi connectivity index (χ2v) is 1.64. The van der Waals surface area contributed by atoms with Gasteiger partial charge in [0.05, 0.1) is 5.71 Å². The van der Waals surface area contributed by atoms with Crippen LogP contribution < -0.4 is 0 Å². The summed E-state index contributed by atoms with van der Waals surface area (Å²) in [6.07, 6.45) is 0. The molecule has 2 nitrogen and oxygen atoms in total. The highest BCUT2D eigenvalue weighted by Crippen LogP contribution is 1.90. The maximum atomic E-state index is 4.49. The van der Waals surface area contributed by atoms with Crippen LogP contribution in [0.5, 0.6) is 0 Å². The molecule has 0 spiro atoms. The van der Waals surface area contributed by atoms with Crippen LogP contribution in [0.1, 0.15) is 13.8 Å². The van der Waals surface area contributed by atoms with E-state index in [1.165, 1.54) is 7.11 Å². The Bertz CT molecular complexity index is 116. The highest BCUT2D eigenvalue weighted by atomic mass is 16.6. The first kappa shape index (κ1) is 7.21. The zero-order valence-electron chi connectivity index (χ0n) is 5.56. The largest absolute Gasteiger partial charge is 0.399 e. The van der Waals surface area contributed by atoms with Crippen molar-refractivity contribution in [3.05, 3.63) is 12.2 Å². The Morgan fingerprint density at radius 1 is 1.50 bits per heavy atom. The summed E-state index contributed by atoms with van der Waals surface area (Å²) >= 11 is 0. The van der Waals surface area contributed by atoms with E-state index in [0.717, 1.165) is 11.3 Å². The maximum absolute atomic E-state index is 4.49. The number of nitrogens with zero attached hydrogens (tertiary/aromatic N) is 1. The molecule has 0 atom stereocenters. The maximum Gasteiger partial charge on any atom is 0.106 e. The number of hydrogen-bond donors (Lipinski definition) is 0. The summed E-state index contributed by atoms with van der Waals surface area (Å²) in [5, 5.41) is 3.64. The lowest BCUT2D eigenvalue weighted by atomic mass is 10.2. The second-order valence-electron chi connectivity index (χ2n) is 1.64. The van der Waals surface area contributed by atoms with Gasteiger partial charge in [-0.05, 0) is 19.4 Å². The standard InChI is InChI=1S/C6H11NO/c1-5(2)6(3)7-8-4/h1H2,2-4H3. The summed E-state index contributed by atoms with van der Waals surface area (Å²) < 4.78 is 0. The Kier molecular flexibility index (Phi) is 2.92. The molecule has 2 heteroatoms. The molecule has 0 bridgehead atoms. The Labute approximate surface area is 49.8 Å². The van der Waals surface area contributed by atoms with Crippen molar-refractivity contribution in [1.82, 2.24) is 0 Å². The normalized spacial score (nSPS) is 11.1. The Balaban J connectivity index is 3.80. The third-order valence-electron chi connectivity index (χ3n) is 0.846. The van der Waals surface area contributed by atoms with E-state index in [9.17, 15) is 0 Å². The molecule has 0 saturated heterocycles. The number of hydrogen-bond acceptors (Lipinski definition) is 2. The van der Waals surface area contributed by atoms with E-state index in [2.05, 4.69) is 16.6 Å². The fourth-order valence-corrected chi connectivity index (χ4v) is 0.215. The second kappa shape index (κ2) is 3.24. The predicted molar refractivity (Wildman–Crippen MR) is 34.9 cm³/mol. The van der Waals surface area contributed by atoms with Crippen molar-refractivity contribution in [3.8, 4) is 0 Å². The third kappa shape index (κ3) is 2.39. The summed E-state index contributed by atoms with van der Waals surface area (Å²) in [5.41, 5.74) is 1.78. The third-order valence-corrected chi connectivity index (χ3v) is 0.846. The first-order chi connectivity index (χ1) is 3.68. The lowest BCUT2D eigenvalue weighted by molar-refractivity contribution is 0.213. The highest BCUT2D eigenvalue weighted by Gasteiger charge is 1.87. The van der Waals surface area contributed by atoms with Crippen LogP contribution in [0, 0.1) is 0 Å². The van der Waals surface area contributed by atoms with Gasteiger partial charge in [-0.25, -0.2) is 0 Å². The first-order valence-corrected chi connectivity index (χ1v) is 2.42. The average Bonchev–Trinajstić information content (AvgIpc) is 1.67. The molecule has 0 aliphatic carbocycles. The molecule has 0 fully saturated rings. The first-order valence-electron chi connectivity index (χ1n) is 2.42. The summed E-state index contributed by atoms with van der Waals surface area (Å²) in [7, 11) is 1.52. The lowest BCUT2D eigenvalue weighted by Gasteiger charge is -1.93. The van der Waals surface area contributed by atoms with Crippen molar-refractivity contribution in [2.45, 2.75) is 13.8 Å². The van der Waals surface area contributed by atoms with Gasteiger partial charge in [-0.2, -0.15) is 0 Å². The van der Waals surface area contributed by atoms with Crippen molar-refractivity contribution in [1.29, 1.82) is 0 Å². The lowest BCUT2D eigenvalue weighted by Crippen LogP contribution is -1.90. The van der Waals surface area contributed by atoms with Gasteiger partial charge in [0.15, 0.2) is 0 Å². The molecular weight excluding hydrogens is 102 g/mol. The van der Waals surface area contributed by atoms with Gasteiger partial charge in [-0.3, -0.25) is 0 Å². The molecule has 0 saturated carbocycles. The van der Waals surface area contributed by atoms with Crippen molar-refractivity contribution >= 4 is 5.71 Å². The van der Waals surface area contributed by atoms with Crippen LogP contribution in [0.2, 0.25) is 0 Å². The average molecular weight is 113 g/mol. The van der Waals surface area contributed by atoms with Gasteiger partial charge in [0.25, 0.3) is 0 Å². The molecule has 0 amide bonds. The Morgan fingerprint density at radius 3 is 2.12 bits per heavy atom. The van der Waals surface area contributed by atoms with E-state index >= 15 is 0 Å². The summed E-state index contributed by atoms with van der Waals surface area (Å²) in [4.78, 5) is 4.49. The van der Waals surface area contributed by atoms with Crippen LogP contribution in [0.3, 0.4) is 0 Å². The van der Waals surface area contributed by atoms with Crippen LogP contribution in [0.25, 0.3) is 0 Å². The molecule has 0 radical (unpaired) electrons. The summed E-state index contributed by atoms with van der Waals surface area (Å²) in [6, 6.07) is 0. The van der Waals surface area contributed by atoms with E-state index in [-0.39, 0.29) is 0 Å². The van der Waals surface area contributed by atoms with Crippen LogP contribution in [-0.2, 0) is 4.84 Å². The smallest absolute Gasteiger partial charge is 0.106 e. The van der Waals surface area contributed by atoms with Crippen molar-refractivity contribution in [3.63, 3.8) is 0 Å². The van der Waals surface area contributed by atoms with E-state index in [0.29, 0.717) is 0 Å². The molecule has 0 rings (SSSR count). The van der Waals surface area contributed by atoms with E-state index in [1.807, 2.05) is 13.8 Å². The van der Waals surface area contributed by atoms with Gasteiger partial charge in [-0.1, -0.05) is 11.7 Å². The minimum absolute atomic E-state index is 0.840. The Morgan fingerprint density at radius 2 is 2.00 bits per heavy atom. The zero-order valence-corrected chi connectivity index (χ0v) is 5.56. The van der Waals surface area contributed by atoms with Gasteiger partial charge in [-0.15, -0.1) is 0 Å². The summed E-state index contributed by atoms with van der Waals surface area (Å²) in [6.45, 7) is 7.40. The molecule has 0 unspecified atom stereocenters. The van der Waals surface area contributed by atoms with Crippen LogP contribution in [0.15, 0.2) is 17.3 Å². The van der Waals surface area contributed by atoms with Crippen LogP contribution in [-0.4, -0.2) is 12.8 Å². The minimum Gasteiger partial charge on any atom is -0.399 e.